The van der Waals surface area contributed by atoms with E-state index in [1.165, 1.54) is 11.1 Å². The van der Waals surface area contributed by atoms with Crippen molar-refractivity contribution < 1.29 is 18.7 Å². The molecule has 2 heterocycles. The maximum absolute atomic E-state index is 12.4. The molecule has 6 heteroatoms. The van der Waals surface area contributed by atoms with Gasteiger partial charge in [-0.1, -0.05) is 29.8 Å². The largest absolute Gasteiger partial charge is 0.487 e. The van der Waals surface area contributed by atoms with Crippen LogP contribution in [0.25, 0.3) is 11.5 Å². The molecule has 0 radical (unpaired) electrons. The number of likely N-dealkylation sites (tertiary alicyclic amines) is 1. The van der Waals surface area contributed by atoms with Crippen LogP contribution in [0.1, 0.15) is 49.3 Å². The van der Waals surface area contributed by atoms with Gasteiger partial charge in [-0.3, -0.25) is 9.69 Å². The number of hydrogen-bond acceptors (Lipinski definition) is 6. The molecule has 1 fully saturated rings. The Bertz CT molecular complexity index is 1100. The van der Waals surface area contributed by atoms with Crippen LogP contribution >= 0.6 is 0 Å². The van der Waals surface area contributed by atoms with Crippen molar-refractivity contribution in [3.8, 4) is 17.2 Å². The highest BCUT2D eigenvalue weighted by atomic mass is 16.5. The minimum absolute atomic E-state index is 0.0860. The number of esters is 1. The molecule has 0 spiro atoms. The summed E-state index contributed by atoms with van der Waals surface area (Å²) in [5.74, 6) is 2.08. The van der Waals surface area contributed by atoms with Crippen molar-refractivity contribution in [1.82, 2.24) is 9.88 Å². The van der Waals surface area contributed by atoms with E-state index in [2.05, 4.69) is 28.9 Å². The fourth-order valence-corrected chi connectivity index (χ4v) is 4.43. The lowest BCUT2D eigenvalue weighted by molar-refractivity contribution is -0.157. The number of rotatable bonds is 8. The fourth-order valence-electron chi connectivity index (χ4n) is 4.43. The summed E-state index contributed by atoms with van der Waals surface area (Å²) in [5.41, 5.74) is 3.73. The number of piperidine rings is 1. The van der Waals surface area contributed by atoms with E-state index < -0.39 is 5.41 Å². The van der Waals surface area contributed by atoms with Crippen LogP contribution in [0, 0.1) is 19.3 Å². The van der Waals surface area contributed by atoms with Crippen molar-refractivity contribution in [2.75, 3.05) is 19.7 Å². The lowest BCUT2D eigenvalue weighted by Gasteiger charge is -2.38. The van der Waals surface area contributed by atoms with E-state index in [1.54, 1.807) is 0 Å². The standard InChI is InChI=1S/C28H34N2O4/c1-5-32-27(31)28(4)15-6-16-30(19-28)17-22-9-13-24(14-10-22)33-18-25-21(3)34-26(29-25)23-11-7-20(2)8-12-23/h7-14H,5-6,15-19H2,1-4H3. The maximum Gasteiger partial charge on any atom is 0.313 e. The van der Waals surface area contributed by atoms with E-state index in [0.29, 0.717) is 19.1 Å². The van der Waals surface area contributed by atoms with Gasteiger partial charge >= 0.3 is 5.97 Å². The van der Waals surface area contributed by atoms with Crippen LogP contribution in [0.4, 0.5) is 0 Å². The van der Waals surface area contributed by atoms with E-state index in [1.807, 2.05) is 57.2 Å². The monoisotopic (exact) mass is 462 g/mol. The first-order valence-corrected chi connectivity index (χ1v) is 12.0. The van der Waals surface area contributed by atoms with Crippen LogP contribution < -0.4 is 4.74 Å². The molecule has 2 aromatic carbocycles. The van der Waals surface area contributed by atoms with E-state index in [4.69, 9.17) is 13.9 Å². The van der Waals surface area contributed by atoms with Gasteiger partial charge < -0.3 is 13.9 Å². The van der Waals surface area contributed by atoms with E-state index in [9.17, 15) is 4.79 Å². The van der Waals surface area contributed by atoms with Gasteiger partial charge in [0.25, 0.3) is 0 Å². The molecule has 6 nitrogen and oxygen atoms in total. The van der Waals surface area contributed by atoms with Crippen molar-refractivity contribution in [1.29, 1.82) is 0 Å². The zero-order valence-electron chi connectivity index (χ0n) is 20.6. The predicted molar refractivity (Wildman–Crippen MR) is 131 cm³/mol. The molecule has 4 rings (SSSR count). The SMILES string of the molecule is CCOC(=O)C1(C)CCCN(Cc2ccc(OCc3nc(-c4ccc(C)cc4)oc3C)cc2)C1. The Labute approximate surface area is 201 Å². The summed E-state index contributed by atoms with van der Waals surface area (Å²) in [5, 5.41) is 0. The van der Waals surface area contributed by atoms with Gasteiger partial charge in [-0.05, 0) is 76.9 Å². The first kappa shape index (κ1) is 24.0. The Morgan fingerprint density at radius 2 is 1.85 bits per heavy atom. The van der Waals surface area contributed by atoms with Crippen molar-refractivity contribution >= 4 is 5.97 Å². The molecular formula is C28H34N2O4. The van der Waals surface area contributed by atoms with Gasteiger partial charge in [-0.2, -0.15) is 0 Å². The summed E-state index contributed by atoms with van der Waals surface area (Å²) >= 11 is 0. The Morgan fingerprint density at radius 3 is 2.56 bits per heavy atom. The number of carbonyl (C=O) groups excluding carboxylic acids is 1. The average Bonchev–Trinajstić information content (AvgIpc) is 3.20. The molecule has 180 valence electrons. The zero-order valence-corrected chi connectivity index (χ0v) is 20.6. The normalized spacial score (nSPS) is 18.6. The third kappa shape index (κ3) is 5.68. The van der Waals surface area contributed by atoms with Gasteiger partial charge in [0, 0.05) is 18.7 Å². The smallest absolute Gasteiger partial charge is 0.313 e. The van der Waals surface area contributed by atoms with Crippen LogP contribution in [0.2, 0.25) is 0 Å². The quantitative estimate of drug-likeness (QED) is 0.400. The number of aromatic nitrogens is 1. The van der Waals surface area contributed by atoms with Crippen LogP contribution in [-0.2, 0) is 22.7 Å². The van der Waals surface area contributed by atoms with E-state index >= 15 is 0 Å². The topological polar surface area (TPSA) is 64.8 Å². The summed E-state index contributed by atoms with van der Waals surface area (Å²) in [6, 6.07) is 16.3. The minimum Gasteiger partial charge on any atom is -0.487 e. The maximum atomic E-state index is 12.4. The van der Waals surface area contributed by atoms with Crippen molar-refractivity contribution in [3.63, 3.8) is 0 Å². The molecule has 1 aliphatic heterocycles. The number of aryl methyl sites for hydroxylation is 2. The molecule has 0 amide bonds. The minimum atomic E-state index is -0.426. The molecule has 0 aliphatic carbocycles. The molecule has 1 unspecified atom stereocenters. The van der Waals surface area contributed by atoms with Crippen LogP contribution in [0.15, 0.2) is 52.9 Å². The summed E-state index contributed by atoms with van der Waals surface area (Å²) in [4.78, 5) is 19.4. The highest BCUT2D eigenvalue weighted by Gasteiger charge is 2.39. The third-order valence-corrected chi connectivity index (χ3v) is 6.44. The molecular weight excluding hydrogens is 428 g/mol. The molecule has 0 bridgehead atoms. The second-order valence-electron chi connectivity index (χ2n) is 9.42. The second kappa shape index (κ2) is 10.4. The number of carbonyl (C=O) groups is 1. The van der Waals surface area contributed by atoms with Crippen molar-refractivity contribution in [2.45, 2.75) is 53.7 Å². The first-order valence-electron chi connectivity index (χ1n) is 12.0. The van der Waals surface area contributed by atoms with Crippen molar-refractivity contribution in [2.24, 2.45) is 5.41 Å². The molecule has 3 aromatic rings. The van der Waals surface area contributed by atoms with Crippen LogP contribution in [0.5, 0.6) is 5.75 Å². The highest BCUT2D eigenvalue weighted by molar-refractivity contribution is 5.76. The lowest BCUT2D eigenvalue weighted by Crippen LogP contribution is -2.46. The first-order chi connectivity index (χ1) is 16.4. The van der Waals surface area contributed by atoms with Crippen LogP contribution in [-0.4, -0.2) is 35.5 Å². The van der Waals surface area contributed by atoms with E-state index in [-0.39, 0.29) is 5.97 Å². The van der Waals surface area contributed by atoms with Gasteiger partial charge in [0.05, 0.1) is 12.0 Å². The molecule has 34 heavy (non-hydrogen) atoms. The van der Waals surface area contributed by atoms with Gasteiger partial charge in [0.1, 0.15) is 23.8 Å². The Kier molecular flexibility index (Phi) is 7.37. The number of nitrogens with zero attached hydrogens (tertiary/aromatic N) is 2. The number of oxazole rings is 1. The molecule has 1 atom stereocenters. The van der Waals surface area contributed by atoms with Gasteiger partial charge in [-0.15, -0.1) is 0 Å². The number of hydrogen-bond donors (Lipinski definition) is 0. The summed E-state index contributed by atoms with van der Waals surface area (Å²) in [7, 11) is 0. The molecule has 0 N–H and O–H groups in total. The van der Waals surface area contributed by atoms with Gasteiger partial charge in [0.2, 0.25) is 5.89 Å². The Balaban J connectivity index is 1.33. The number of benzene rings is 2. The molecule has 1 aromatic heterocycles. The lowest BCUT2D eigenvalue weighted by atomic mass is 9.82. The fraction of sp³-hybridized carbons (Fsp3) is 0.429. The summed E-state index contributed by atoms with van der Waals surface area (Å²) in [6.07, 6.45) is 1.88. The van der Waals surface area contributed by atoms with Crippen molar-refractivity contribution in [3.05, 3.63) is 71.1 Å². The molecule has 1 saturated heterocycles. The molecule has 1 aliphatic rings. The molecule has 0 saturated carbocycles. The van der Waals surface area contributed by atoms with Gasteiger partial charge in [-0.25, -0.2) is 4.98 Å². The predicted octanol–water partition coefficient (Wildman–Crippen LogP) is 5.70. The number of ether oxygens (including phenoxy) is 2. The van der Waals surface area contributed by atoms with Gasteiger partial charge in [0.15, 0.2) is 0 Å². The zero-order chi connectivity index (χ0) is 24.1. The van der Waals surface area contributed by atoms with Crippen LogP contribution in [0.3, 0.4) is 0 Å². The van der Waals surface area contributed by atoms with E-state index in [0.717, 1.165) is 55.2 Å². The summed E-state index contributed by atoms with van der Waals surface area (Å²) in [6.45, 7) is 11.1. The Hall–Kier alpha value is -3.12. The average molecular weight is 463 g/mol. The Morgan fingerprint density at radius 1 is 1.12 bits per heavy atom. The summed E-state index contributed by atoms with van der Waals surface area (Å²) < 4.78 is 17.1. The second-order valence-corrected chi connectivity index (χ2v) is 9.42. The third-order valence-electron chi connectivity index (χ3n) is 6.44. The highest BCUT2D eigenvalue weighted by Crippen LogP contribution is 2.32.